The predicted octanol–water partition coefficient (Wildman–Crippen LogP) is 2.13. The van der Waals surface area contributed by atoms with E-state index in [1.807, 2.05) is 0 Å². The maximum Gasteiger partial charge on any atom is 0.334 e. The number of ether oxygens (including phenoxy) is 1. The van der Waals surface area contributed by atoms with Crippen molar-refractivity contribution in [3.05, 3.63) is 0 Å². The summed E-state index contributed by atoms with van der Waals surface area (Å²) in [5.74, 6) is -0.0213. The number of aliphatic hydroxyl groups is 1. The molecule has 1 fully saturated rings. The van der Waals surface area contributed by atoms with E-state index in [-0.39, 0.29) is 0 Å². The third-order valence-electron chi connectivity index (χ3n) is 3.49. The summed E-state index contributed by atoms with van der Waals surface area (Å²) in [4.78, 5) is 11.0. The minimum atomic E-state index is -0.929. The average molecular weight is 214 g/mol. The smallest absolute Gasteiger partial charge is 0.334 e. The van der Waals surface area contributed by atoms with Crippen molar-refractivity contribution in [1.29, 1.82) is 0 Å². The molecule has 1 N–H and O–H groups in total. The van der Waals surface area contributed by atoms with Gasteiger partial charge in [0.15, 0.2) is 6.10 Å². The van der Waals surface area contributed by atoms with E-state index in [2.05, 4.69) is 18.6 Å². The van der Waals surface area contributed by atoms with Gasteiger partial charge in [0.05, 0.1) is 7.11 Å². The molecule has 1 aliphatic rings. The lowest BCUT2D eigenvalue weighted by Crippen LogP contribution is -2.28. The highest BCUT2D eigenvalue weighted by Gasteiger charge is 2.29. The second kappa shape index (κ2) is 4.97. The van der Waals surface area contributed by atoms with Gasteiger partial charge in [-0.25, -0.2) is 4.79 Å². The molecule has 3 heteroatoms. The van der Waals surface area contributed by atoms with Crippen LogP contribution >= 0.6 is 0 Å². The lowest BCUT2D eigenvalue weighted by atomic mass is 9.72. The Morgan fingerprint density at radius 2 is 2.00 bits per heavy atom. The van der Waals surface area contributed by atoms with Crippen LogP contribution in [0.3, 0.4) is 0 Å². The molecule has 1 aliphatic carbocycles. The number of carbonyl (C=O) groups excluding carboxylic acids is 1. The van der Waals surface area contributed by atoms with Crippen molar-refractivity contribution in [3.63, 3.8) is 0 Å². The van der Waals surface area contributed by atoms with Crippen molar-refractivity contribution >= 4 is 5.97 Å². The third-order valence-corrected chi connectivity index (χ3v) is 3.49. The van der Waals surface area contributed by atoms with Gasteiger partial charge in [-0.05, 0) is 43.4 Å². The van der Waals surface area contributed by atoms with E-state index in [9.17, 15) is 9.90 Å². The van der Waals surface area contributed by atoms with Crippen LogP contribution < -0.4 is 0 Å². The van der Waals surface area contributed by atoms with Crippen LogP contribution in [0, 0.1) is 11.3 Å². The van der Waals surface area contributed by atoms with Crippen LogP contribution in [-0.4, -0.2) is 24.3 Å². The average Bonchev–Trinajstić information content (AvgIpc) is 2.20. The van der Waals surface area contributed by atoms with Crippen molar-refractivity contribution in [3.8, 4) is 0 Å². The summed E-state index contributed by atoms with van der Waals surface area (Å²) in [6, 6.07) is 0. The van der Waals surface area contributed by atoms with E-state index in [1.54, 1.807) is 0 Å². The summed E-state index contributed by atoms with van der Waals surface area (Å²) < 4.78 is 4.51. The van der Waals surface area contributed by atoms with E-state index in [1.165, 1.54) is 20.0 Å². The zero-order valence-electron chi connectivity index (χ0n) is 9.95. The molecule has 0 aromatic heterocycles. The zero-order valence-corrected chi connectivity index (χ0v) is 9.95. The Labute approximate surface area is 91.8 Å². The molecule has 3 nitrogen and oxygen atoms in total. The van der Waals surface area contributed by atoms with Crippen molar-refractivity contribution < 1.29 is 14.6 Å². The van der Waals surface area contributed by atoms with Crippen molar-refractivity contribution in [2.75, 3.05) is 7.11 Å². The van der Waals surface area contributed by atoms with Gasteiger partial charge in [0.1, 0.15) is 0 Å². The monoisotopic (exact) mass is 214 g/mol. The molecule has 88 valence electrons. The fraction of sp³-hybridized carbons (Fsp3) is 0.917. The Balaban J connectivity index is 2.32. The normalized spacial score (nSPS) is 23.5. The van der Waals surface area contributed by atoms with Crippen LogP contribution in [0.5, 0.6) is 0 Å². The van der Waals surface area contributed by atoms with Crippen LogP contribution in [0.15, 0.2) is 0 Å². The largest absolute Gasteiger partial charge is 0.467 e. The highest BCUT2D eigenvalue weighted by molar-refractivity contribution is 5.74. The first kappa shape index (κ1) is 12.5. The molecule has 0 heterocycles. The Kier molecular flexibility index (Phi) is 4.14. The molecular formula is C12H22O3. The summed E-state index contributed by atoms with van der Waals surface area (Å²) >= 11 is 0. The molecule has 0 aliphatic heterocycles. The predicted molar refractivity (Wildman–Crippen MR) is 58.4 cm³/mol. The molecule has 1 atom stereocenters. The molecule has 0 radical (unpaired) electrons. The first-order valence-corrected chi connectivity index (χ1v) is 5.70. The number of rotatable bonds is 3. The van der Waals surface area contributed by atoms with Gasteiger partial charge in [-0.15, -0.1) is 0 Å². The highest BCUT2D eigenvalue weighted by atomic mass is 16.5. The summed E-state index contributed by atoms with van der Waals surface area (Å²) in [6.45, 7) is 4.56. The van der Waals surface area contributed by atoms with Gasteiger partial charge in [0.2, 0.25) is 0 Å². The minimum Gasteiger partial charge on any atom is -0.467 e. The molecule has 0 aromatic carbocycles. The Morgan fingerprint density at radius 1 is 1.47 bits per heavy atom. The van der Waals surface area contributed by atoms with Gasteiger partial charge in [-0.2, -0.15) is 0 Å². The van der Waals surface area contributed by atoms with Crippen LogP contribution in [0.25, 0.3) is 0 Å². The summed E-state index contributed by atoms with van der Waals surface area (Å²) in [6.07, 6.45) is 4.23. The molecule has 0 amide bonds. The van der Waals surface area contributed by atoms with Gasteiger partial charge < -0.3 is 9.84 Å². The lowest BCUT2D eigenvalue weighted by Gasteiger charge is -2.34. The number of aliphatic hydroxyl groups excluding tert-OH is 1. The van der Waals surface area contributed by atoms with Crippen LogP contribution in [-0.2, 0) is 9.53 Å². The van der Waals surface area contributed by atoms with Crippen molar-refractivity contribution in [2.24, 2.45) is 11.3 Å². The Hall–Kier alpha value is -0.570. The van der Waals surface area contributed by atoms with Crippen LogP contribution in [0.1, 0.15) is 46.0 Å². The quantitative estimate of drug-likeness (QED) is 0.732. The molecule has 0 spiro atoms. The van der Waals surface area contributed by atoms with E-state index >= 15 is 0 Å². The SMILES string of the molecule is COC(=O)C(O)CC1CCC(C)(C)CC1. The number of hydrogen-bond donors (Lipinski definition) is 1. The van der Waals surface area contributed by atoms with E-state index in [4.69, 9.17) is 0 Å². The molecule has 1 rings (SSSR count). The molecule has 15 heavy (non-hydrogen) atoms. The van der Waals surface area contributed by atoms with E-state index in [0.717, 1.165) is 12.8 Å². The molecule has 1 unspecified atom stereocenters. The fourth-order valence-electron chi connectivity index (χ4n) is 2.24. The fourth-order valence-corrected chi connectivity index (χ4v) is 2.24. The standard InChI is InChI=1S/C12H22O3/c1-12(2)6-4-9(5-7-12)8-10(13)11(14)15-3/h9-10,13H,4-8H2,1-3H3. The van der Waals surface area contributed by atoms with Gasteiger partial charge >= 0.3 is 5.97 Å². The van der Waals surface area contributed by atoms with E-state index < -0.39 is 12.1 Å². The molecule has 0 bridgehead atoms. The maximum atomic E-state index is 11.0. The van der Waals surface area contributed by atoms with Crippen LogP contribution in [0.4, 0.5) is 0 Å². The minimum absolute atomic E-state index is 0.437. The van der Waals surface area contributed by atoms with Gasteiger partial charge in [0.25, 0.3) is 0 Å². The molecule has 0 saturated heterocycles. The number of hydrogen-bond acceptors (Lipinski definition) is 3. The van der Waals surface area contributed by atoms with Gasteiger partial charge in [0, 0.05) is 0 Å². The summed E-state index contributed by atoms with van der Waals surface area (Å²) in [5, 5.41) is 9.53. The van der Waals surface area contributed by atoms with Gasteiger partial charge in [-0.3, -0.25) is 0 Å². The highest BCUT2D eigenvalue weighted by Crippen LogP contribution is 2.39. The number of esters is 1. The summed E-state index contributed by atoms with van der Waals surface area (Å²) in [5.41, 5.74) is 0.437. The maximum absolute atomic E-state index is 11.0. The zero-order chi connectivity index (χ0) is 11.5. The van der Waals surface area contributed by atoms with Crippen molar-refractivity contribution in [1.82, 2.24) is 0 Å². The van der Waals surface area contributed by atoms with Crippen LogP contribution in [0.2, 0.25) is 0 Å². The van der Waals surface area contributed by atoms with Gasteiger partial charge in [-0.1, -0.05) is 13.8 Å². The Bertz CT molecular complexity index is 213. The first-order chi connectivity index (χ1) is 6.94. The molecule has 0 aromatic rings. The first-order valence-electron chi connectivity index (χ1n) is 5.70. The molecule has 1 saturated carbocycles. The number of carbonyl (C=O) groups is 1. The number of methoxy groups -OCH3 is 1. The second-order valence-electron chi connectivity index (χ2n) is 5.38. The van der Waals surface area contributed by atoms with E-state index in [0.29, 0.717) is 17.8 Å². The van der Waals surface area contributed by atoms with Crippen molar-refractivity contribution in [2.45, 2.75) is 52.1 Å². The Morgan fingerprint density at radius 3 is 2.47 bits per heavy atom. The lowest BCUT2D eigenvalue weighted by molar-refractivity contribution is -0.151. The second-order valence-corrected chi connectivity index (χ2v) is 5.38. The topological polar surface area (TPSA) is 46.5 Å². The third kappa shape index (κ3) is 3.82. The summed E-state index contributed by atoms with van der Waals surface area (Å²) in [7, 11) is 1.32. The molecular weight excluding hydrogens is 192 g/mol.